The summed E-state index contributed by atoms with van der Waals surface area (Å²) in [6.07, 6.45) is 0. The van der Waals surface area contributed by atoms with E-state index in [9.17, 15) is 18.0 Å². The molecule has 0 spiro atoms. The second-order valence-corrected chi connectivity index (χ2v) is 9.04. The molecule has 0 fully saturated rings. The molecule has 3 aromatic carbocycles. The molecule has 0 unspecified atom stereocenters. The first-order chi connectivity index (χ1) is 14.8. The van der Waals surface area contributed by atoms with E-state index < -0.39 is 22.0 Å². The molecule has 0 heterocycles. The second-order valence-electron chi connectivity index (χ2n) is 6.89. The Labute approximate surface area is 186 Å². The second kappa shape index (κ2) is 9.87. The van der Waals surface area contributed by atoms with Crippen molar-refractivity contribution >= 4 is 33.3 Å². The standard InChI is InChI=1S/C23H21ClN2O4S/c1-16(27)18-9-13-21(14-10-18)31(29,30)26-22(19-5-3-2-4-6-19)23(28)25-15-17-7-11-20(24)12-8-17/h2-14,22,26H,15H2,1H3,(H,25,28)/t22-/m0/s1. The first-order valence-electron chi connectivity index (χ1n) is 9.47. The van der Waals surface area contributed by atoms with Crippen molar-refractivity contribution in [1.29, 1.82) is 0 Å². The Morgan fingerprint density at radius 2 is 1.52 bits per heavy atom. The van der Waals surface area contributed by atoms with E-state index in [-0.39, 0.29) is 17.2 Å². The van der Waals surface area contributed by atoms with Crippen molar-refractivity contribution in [3.63, 3.8) is 0 Å². The average molecular weight is 457 g/mol. The molecule has 3 rings (SSSR count). The maximum absolute atomic E-state index is 12.9. The highest BCUT2D eigenvalue weighted by molar-refractivity contribution is 7.89. The Balaban J connectivity index is 1.82. The Hall–Kier alpha value is -3.00. The van der Waals surface area contributed by atoms with Gasteiger partial charge in [-0.1, -0.05) is 66.2 Å². The van der Waals surface area contributed by atoms with Crippen LogP contribution in [0.15, 0.2) is 83.8 Å². The Bertz CT molecular complexity index is 1160. The number of hydrogen-bond donors (Lipinski definition) is 2. The molecule has 0 saturated heterocycles. The molecule has 160 valence electrons. The summed E-state index contributed by atoms with van der Waals surface area (Å²) in [5.74, 6) is -0.661. The molecular weight excluding hydrogens is 436 g/mol. The van der Waals surface area contributed by atoms with E-state index in [1.807, 2.05) is 0 Å². The zero-order chi connectivity index (χ0) is 22.4. The summed E-state index contributed by atoms with van der Waals surface area (Å²) >= 11 is 5.88. The summed E-state index contributed by atoms with van der Waals surface area (Å²) in [7, 11) is -4.02. The lowest BCUT2D eigenvalue weighted by molar-refractivity contribution is -0.123. The number of carbonyl (C=O) groups excluding carboxylic acids is 2. The maximum atomic E-state index is 12.9. The molecule has 8 heteroatoms. The first kappa shape index (κ1) is 22.7. The number of ketones is 1. The summed E-state index contributed by atoms with van der Waals surface area (Å²) in [5, 5.41) is 3.35. The number of sulfonamides is 1. The molecule has 0 aliphatic rings. The number of halogens is 1. The molecule has 1 atom stereocenters. The van der Waals surface area contributed by atoms with Crippen molar-refractivity contribution < 1.29 is 18.0 Å². The van der Waals surface area contributed by atoms with Crippen molar-refractivity contribution in [2.75, 3.05) is 0 Å². The van der Waals surface area contributed by atoms with Gasteiger partial charge < -0.3 is 5.32 Å². The van der Waals surface area contributed by atoms with Crippen molar-refractivity contribution in [2.45, 2.75) is 24.4 Å². The summed E-state index contributed by atoms with van der Waals surface area (Å²) in [5.41, 5.74) is 1.73. The molecule has 0 aliphatic heterocycles. The molecule has 0 aromatic heterocycles. The highest BCUT2D eigenvalue weighted by atomic mass is 35.5. The van der Waals surface area contributed by atoms with Gasteiger partial charge in [-0.3, -0.25) is 9.59 Å². The average Bonchev–Trinajstić information content (AvgIpc) is 2.77. The van der Waals surface area contributed by atoms with Gasteiger partial charge in [-0.15, -0.1) is 0 Å². The van der Waals surface area contributed by atoms with E-state index in [4.69, 9.17) is 11.6 Å². The molecule has 31 heavy (non-hydrogen) atoms. The third kappa shape index (κ3) is 6.01. The van der Waals surface area contributed by atoms with E-state index in [1.165, 1.54) is 31.2 Å². The molecule has 1 amide bonds. The van der Waals surface area contributed by atoms with Crippen LogP contribution in [-0.2, 0) is 21.4 Å². The third-order valence-corrected chi connectivity index (χ3v) is 6.31. The van der Waals surface area contributed by atoms with Crippen molar-refractivity contribution in [1.82, 2.24) is 10.0 Å². The van der Waals surface area contributed by atoms with Crippen molar-refractivity contribution in [3.05, 3.63) is 101 Å². The number of hydrogen-bond acceptors (Lipinski definition) is 4. The number of rotatable bonds is 8. The fraction of sp³-hybridized carbons (Fsp3) is 0.130. The van der Waals surface area contributed by atoms with Gasteiger partial charge >= 0.3 is 0 Å². The van der Waals surface area contributed by atoms with Gasteiger partial charge in [0.25, 0.3) is 0 Å². The largest absolute Gasteiger partial charge is 0.350 e. The quantitative estimate of drug-likeness (QED) is 0.503. The number of carbonyl (C=O) groups is 2. The lowest BCUT2D eigenvalue weighted by Gasteiger charge is -2.19. The van der Waals surface area contributed by atoms with Crippen LogP contribution in [-0.4, -0.2) is 20.1 Å². The van der Waals surface area contributed by atoms with Gasteiger partial charge in [0.05, 0.1) is 4.90 Å². The Morgan fingerprint density at radius 3 is 2.10 bits per heavy atom. The fourth-order valence-electron chi connectivity index (χ4n) is 2.90. The highest BCUT2D eigenvalue weighted by Crippen LogP contribution is 2.19. The first-order valence-corrected chi connectivity index (χ1v) is 11.3. The summed E-state index contributed by atoms with van der Waals surface area (Å²) in [4.78, 5) is 24.3. The topological polar surface area (TPSA) is 92.3 Å². The van der Waals surface area contributed by atoms with Crippen LogP contribution >= 0.6 is 11.6 Å². The molecule has 0 bridgehead atoms. The minimum atomic E-state index is -4.02. The Kier molecular flexibility index (Phi) is 7.22. The molecule has 2 N–H and O–H groups in total. The zero-order valence-corrected chi connectivity index (χ0v) is 18.3. The molecule has 0 saturated carbocycles. The van der Waals surface area contributed by atoms with Gasteiger partial charge in [0, 0.05) is 17.1 Å². The molecule has 0 aliphatic carbocycles. The van der Waals surface area contributed by atoms with Crippen LogP contribution in [0.5, 0.6) is 0 Å². The predicted molar refractivity (Wildman–Crippen MR) is 119 cm³/mol. The SMILES string of the molecule is CC(=O)c1ccc(S(=O)(=O)N[C@H](C(=O)NCc2ccc(Cl)cc2)c2ccccc2)cc1. The zero-order valence-electron chi connectivity index (χ0n) is 16.7. The van der Waals surface area contributed by atoms with Crippen LogP contribution in [0.1, 0.15) is 34.5 Å². The van der Waals surface area contributed by atoms with Crippen LogP contribution < -0.4 is 10.0 Å². The van der Waals surface area contributed by atoms with E-state index in [1.54, 1.807) is 54.6 Å². The van der Waals surface area contributed by atoms with Gasteiger partial charge in [-0.05, 0) is 42.3 Å². The smallest absolute Gasteiger partial charge is 0.243 e. The minimum absolute atomic E-state index is 0.0380. The predicted octanol–water partition coefficient (Wildman–Crippen LogP) is 3.88. The lowest BCUT2D eigenvalue weighted by Crippen LogP contribution is -2.40. The fourth-order valence-corrected chi connectivity index (χ4v) is 4.21. The van der Waals surface area contributed by atoms with Gasteiger partial charge in [-0.2, -0.15) is 4.72 Å². The van der Waals surface area contributed by atoms with E-state index in [0.29, 0.717) is 16.1 Å². The van der Waals surface area contributed by atoms with Gasteiger partial charge in [0.15, 0.2) is 5.78 Å². The third-order valence-electron chi connectivity index (χ3n) is 4.62. The molecular formula is C23H21ClN2O4S. The van der Waals surface area contributed by atoms with Crippen LogP contribution in [0.4, 0.5) is 0 Å². The van der Waals surface area contributed by atoms with Gasteiger partial charge in [0.1, 0.15) is 6.04 Å². The molecule has 6 nitrogen and oxygen atoms in total. The van der Waals surface area contributed by atoms with E-state index in [2.05, 4.69) is 10.0 Å². The summed E-state index contributed by atoms with van der Waals surface area (Å²) < 4.78 is 28.3. The van der Waals surface area contributed by atoms with Crippen LogP contribution in [0, 0.1) is 0 Å². The number of Topliss-reactive ketones (excluding diaryl/α,β-unsaturated/α-hetero) is 1. The van der Waals surface area contributed by atoms with Gasteiger partial charge in [-0.25, -0.2) is 8.42 Å². The van der Waals surface area contributed by atoms with E-state index in [0.717, 1.165) is 5.56 Å². The number of amides is 1. The van der Waals surface area contributed by atoms with Gasteiger partial charge in [0.2, 0.25) is 15.9 Å². The lowest BCUT2D eigenvalue weighted by atomic mass is 10.1. The monoisotopic (exact) mass is 456 g/mol. The van der Waals surface area contributed by atoms with Crippen molar-refractivity contribution in [3.8, 4) is 0 Å². The summed E-state index contributed by atoms with van der Waals surface area (Å²) in [6, 6.07) is 20.0. The van der Waals surface area contributed by atoms with Crippen molar-refractivity contribution in [2.24, 2.45) is 0 Å². The van der Waals surface area contributed by atoms with Crippen LogP contribution in [0.2, 0.25) is 5.02 Å². The number of benzene rings is 3. The molecule has 3 aromatic rings. The normalized spacial score (nSPS) is 12.2. The van der Waals surface area contributed by atoms with E-state index >= 15 is 0 Å². The maximum Gasteiger partial charge on any atom is 0.243 e. The minimum Gasteiger partial charge on any atom is -0.350 e. The number of nitrogens with one attached hydrogen (secondary N) is 2. The molecule has 0 radical (unpaired) electrons. The highest BCUT2D eigenvalue weighted by Gasteiger charge is 2.27. The van der Waals surface area contributed by atoms with Crippen LogP contribution in [0.3, 0.4) is 0 Å². The Morgan fingerprint density at radius 1 is 0.903 bits per heavy atom. The van der Waals surface area contributed by atoms with Crippen LogP contribution in [0.25, 0.3) is 0 Å². The summed E-state index contributed by atoms with van der Waals surface area (Å²) in [6.45, 7) is 1.62.